The highest BCUT2D eigenvalue weighted by atomic mass is 19.3. The van der Waals surface area contributed by atoms with E-state index in [2.05, 4.69) is 50.6 Å². The van der Waals surface area contributed by atoms with Gasteiger partial charge in [0.2, 0.25) is 0 Å². The summed E-state index contributed by atoms with van der Waals surface area (Å²) in [6, 6.07) is 5.14. The van der Waals surface area contributed by atoms with Gasteiger partial charge in [-0.25, -0.2) is 13.2 Å². The summed E-state index contributed by atoms with van der Waals surface area (Å²) in [4.78, 5) is 25.5. The van der Waals surface area contributed by atoms with E-state index in [1.165, 1.54) is 56.8 Å². The van der Waals surface area contributed by atoms with Crippen molar-refractivity contribution in [2.75, 3.05) is 33.2 Å². The Morgan fingerprint density at radius 3 is 2.24 bits per heavy atom. The molecular weight excluding hydrogens is 645 g/mol. The van der Waals surface area contributed by atoms with Gasteiger partial charge < -0.3 is 15.0 Å². The largest absolute Gasteiger partial charge is 0.318 e. The van der Waals surface area contributed by atoms with Crippen molar-refractivity contribution in [3.05, 3.63) is 53.9 Å². The average molecular weight is 711 g/mol. The standard InChI is InChI=1S/C33H43FO2.C8H16F2N2.C3H6/c1-30(2)24(21-7-8-22(19-35)27(34)18-21)11-15-32(4)28(30)13-16-31(3)25-12-17-33(20-36)14-5-6-26(33)23(25)9-10-29(31)32;1-11-4-7-12-5-2-8(9,10)3-6-12;1-3-2/h7-8,11,18-20,23,25-26,28-29H,5-6,9-10,12-17H2,1-4H3;11H,2-7H2,1H3;3H,1H2,2H3. The van der Waals surface area contributed by atoms with E-state index in [1.54, 1.807) is 18.2 Å². The zero-order valence-electron chi connectivity index (χ0n) is 32.3. The van der Waals surface area contributed by atoms with E-state index in [1.807, 2.05) is 20.0 Å². The van der Waals surface area contributed by atoms with Crippen LogP contribution in [0.5, 0.6) is 0 Å². The number of carbonyl (C=O) groups excluding carboxylic acids is 2. The lowest BCUT2D eigenvalue weighted by Crippen LogP contribution is -2.61. The van der Waals surface area contributed by atoms with Gasteiger partial charge in [-0.2, -0.15) is 0 Å². The maximum Gasteiger partial charge on any atom is 0.250 e. The second-order valence-electron chi connectivity index (χ2n) is 18.0. The molecule has 4 saturated carbocycles. The number of likely N-dealkylation sites (N-methyl/N-ethyl adjacent to an activating group) is 1. The number of likely N-dealkylation sites (tertiary alicyclic amines) is 1. The second kappa shape index (κ2) is 15.6. The lowest BCUT2D eigenvalue weighted by atomic mass is 9.36. The van der Waals surface area contributed by atoms with E-state index in [4.69, 9.17) is 0 Å². The second-order valence-corrected chi connectivity index (χ2v) is 18.0. The Morgan fingerprint density at radius 2 is 1.61 bits per heavy atom. The molecular formula is C44H65F3N2O2. The van der Waals surface area contributed by atoms with Gasteiger partial charge in [0.05, 0.1) is 5.56 Å². The molecule has 1 N–H and O–H groups in total. The SMILES string of the molecule is C=CC.CC1(C)C(c2ccc(C=O)c(F)c2)=CCC2(C)C1CCC1(C)C3CCC4(C=O)CCCC4C3CCC12.CNCCN1CCC(F)(F)CC1. The molecule has 51 heavy (non-hydrogen) atoms. The Labute approximate surface area is 306 Å². The lowest BCUT2D eigenvalue weighted by Gasteiger charge is -2.68. The summed E-state index contributed by atoms with van der Waals surface area (Å²) in [6.45, 7) is 18.0. The summed E-state index contributed by atoms with van der Waals surface area (Å²) in [5.41, 5.74) is 2.84. The third kappa shape index (κ3) is 7.46. The lowest BCUT2D eigenvalue weighted by molar-refractivity contribution is -0.178. The summed E-state index contributed by atoms with van der Waals surface area (Å²) in [5.74, 6) is 0.529. The van der Waals surface area contributed by atoms with Crippen molar-refractivity contribution in [2.24, 2.45) is 51.2 Å². The maximum absolute atomic E-state index is 14.6. The molecule has 1 saturated heterocycles. The van der Waals surface area contributed by atoms with Crippen molar-refractivity contribution < 1.29 is 22.8 Å². The van der Waals surface area contributed by atoms with Crippen LogP contribution in [0.1, 0.15) is 128 Å². The van der Waals surface area contributed by atoms with E-state index in [0.29, 0.717) is 42.5 Å². The fourth-order valence-electron chi connectivity index (χ4n) is 12.7. The van der Waals surface area contributed by atoms with Crippen molar-refractivity contribution in [3.63, 3.8) is 0 Å². The number of aldehydes is 2. The van der Waals surface area contributed by atoms with Gasteiger partial charge >= 0.3 is 0 Å². The first kappa shape index (κ1) is 39.9. The van der Waals surface area contributed by atoms with Crippen LogP contribution in [-0.2, 0) is 4.79 Å². The summed E-state index contributed by atoms with van der Waals surface area (Å²) in [7, 11) is 1.87. The minimum Gasteiger partial charge on any atom is -0.318 e. The summed E-state index contributed by atoms with van der Waals surface area (Å²) >= 11 is 0. The molecule has 0 aromatic heterocycles. The minimum absolute atomic E-state index is 0.00932. The Bertz CT molecular complexity index is 1430. The first-order chi connectivity index (χ1) is 24.2. The van der Waals surface area contributed by atoms with Gasteiger partial charge in [0.25, 0.3) is 5.92 Å². The molecule has 284 valence electrons. The van der Waals surface area contributed by atoms with E-state index < -0.39 is 11.7 Å². The van der Waals surface area contributed by atoms with Crippen molar-refractivity contribution in [3.8, 4) is 0 Å². The van der Waals surface area contributed by atoms with Gasteiger partial charge in [-0.05, 0) is 141 Å². The fraction of sp³-hybridized carbons (Fsp3) is 0.727. The highest BCUT2D eigenvalue weighted by molar-refractivity contribution is 5.78. The van der Waals surface area contributed by atoms with E-state index >= 15 is 0 Å². The molecule has 8 atom stereocenters. The van der Waals surface area contributed by atoms with Crippen LogP contribution < -0.4 is 5.32 Å². The molecule has 1 aliphatic heterocycles. The molecule has 1 aromatic rings. The molecule has 8 unspecified atom stereocenters. The fourth-order valence-corrected chi connectivity index (χ4v) is 12.7. The highest BCUT2D eigenvalue weighted by Crippen LogP contribution is 2.73. The number of halogens is 3. The number of nitrogens with one attached hydrogen (secondary N) is 1. The third-order valence-corrected chi connectivity index (χ3v) is 15.1. The van der Waals surface area contributed by atoms with Crippen LogP contribution in [0.2, 0.25) is 0 Å². The van der Waals surface area contributed by atoms with Crippen LogP contribution >= 0.6 is 0 Å². The molecule has 0 spiro atoms. The average Bonchev–Trinajstić information content (AvgIpc) is 3.53. The predicted molar refractivity (Wildman–Crippen MR) is 202 cm³/mol. The smallest absolute Gasteiger partial charge is 0.250 e. The molecule has 0 amide bonds. The number of hydrogen-bond acceptors (Lipinski definition) is 4. The zero-order chi connectivity index (χ0) is 37.2. The Balaban J connectivity index is 0.000000283. The summed E-state index contributed by atoms with van der Waals surface area (Å²) < 4.78 is 39.9. The van der Waals surface area contributed by atoms with Crippen LogP contribution in [0, 0.1) is 57.1 Å². The number of hydrogen-bond donors (Lipinski definition) is 1. The normalized spacial score (nSPS) is 37.7. The quantitative estimate of drug-likeness (QED) is 0.236. The molecule has 5 fully saturated rings. The first-order valence-corrected chi connectivity index (χ1v) is 19.9. The monoisotopic (exact) mass is 710 g/mol. The first-order valence-electron chi connectivity index (χ1n) is 19.9. The molecule has 5 aliphatic carbocycles. The Morgan fingerprint density at radius 1 is 0.902 bits per heavy atom. The van der Waals surface area contributed by atoms with Crippen molar-refractivity contribution in [1.29, 1.82) is 0 Å². The molecule has 4 nitrogen and oxygen atoms in total. The molecule has 6 aliphatic rings. The van der Waals surface area contributed by atoms with Gasteiger partial charge in [0, 0.05) is 44.4 Å². The van der Waals surface area contributed by atoms with Crippen LogP contribution in [0.4, 0.5) is 13.2 Å². The molecule has 0 bridgehead atoms. The summed E-state index contributed by atoms with van der Waals surface area (Å²) in [5, 5.41) is 3.01. The highest BCUT2D eigenvalue weighted by Gasteiger charge is 2.65. The molecule has 1 heterocycles. The van der Waals surface area contributed by atoms with Gasteiger partial charge in [-0.3, -0.25) is 4.79 Å². The van der Waals surface area contributed by atoms with Crippen LogP contribution in [0.15, 0.2) is 36.9 Å². The van der Waals surface area contributed by atoms with Crippen LogP contribution in [0.3, 0.4) is 0 Å². The number of allylic oxidation sites excluding steroid dienone is 3. The summed E-state index contributed by atoms with van der Waals surface area (Å²) in [6.07, 6.45) is 18.3. The van der Waals surface area contributed by atoms with Crippen molar-refractivity contribution in [1.82, 2.24) is 10.2 Å². The number of piperidine rings is 1. The topological polar surface area (TPSA) is 49.4 Å². The molecule has 7 heteroatoms. The van der Waals surface area contributed by atoms with Gasteiger partial charge in [-0.1, -0.05) is 52.3 Å². The van der Waals surface area contributed by atoms with E-state index in [9.17, 15) is 22.8 Å². The van der Waals surface area contributed by atoms with Crippen molar-refractivity contribution >= 4 is 18.1 Å². The van der Waals surface area contributed by atoms with E-state index in [0.717, 1.165) is 49.8 Å². The van der Waals surface area contributed by atoms with Crippen molar-refractivity contribution in [2.45, 2.75) is 118 Å². The number of benzene rings is 1. The van der Waals surface area contributed by atoms with Crippen LogP contribution in [-0.4, -0.2) is 56.6 Å². The van der Waals surface area contributed by atoms with E-state index in [-0.39, 0.29) is 34.7 Å². The predicted octanol–water partition coefficient (Wildman–Crippen LogP) is 10.4. The minimum atomic E-state index is -2.41. The molecule has 7 rings (SSSR count). The Kier molecular flexibility index (Phi) is 12.2. The van der Waals surface area contributed by atoms with Gasteiger partial charge in [0.1, 0.15) is 12.1 Å². The molecule has 1 aromatic carbocycles. The van der Waals surface area contributed by atoms with Crippen LogP contribution in [0.25, 0.3) is 5.57 Å². The number of alkyl halides is 2. The van der Waals surface area contributed by atoms with Gasteiger partial charge in [0.15, 0.2) is 6.29 Å². The number of fused-ring (bicyclic) bond motifs is 7. The zero-order valence-corrected chi connectivity index (χ0v) is 32.3. The Hall–Kier alpha value is -2.25. The maximum atomic E-state index is 14.6. The van der Waals surface area contributed by atoms with Gasteiger partial charge in [-0.15, -0.1) is 6.58 Å². The number of carbonyl (C=O) groups is 2. The number of rotatable bonds is 6. The molecule has 0 radical (unpaired) electrons. The number of nitrogens with zero attached hydrogens (tertiary/aromatic N) is 1. The third-order valence-electron chi connectivity index (χ3n) is 15.1.